The van der Waals surface area contributed by atoms with E-state index in [1.54, 1.807) is 0 Å². The number of nitrogens with zero attached hydrogens (tertiary/aromatic N) is 2. The van der Waals surface area contributed by atoms with Crippen LogP contribution in [-0.2, 0) is 9.59 Å². The minimum absolute atomic E-state index is 0.357. The molecule has 0 unspecified atom stereocenters. The fraction of sp³-hybridized carbons (Fsp3) is 0.800. The van der Waals surface area contributed by atoms with E-state index in [2.05, 4.69) is 10.3 Å². The molecule has 0 aromatic rings. The lowest BCUT2D eigenvalue weighted by atomic mass is 10.1. The first-order chi connectivity index (χ1) is 7.54. The standard InChI is InChI=1S/C10H17N3O3/c1-12-4-6-13(7-5-12)11-8(14)10(2-3-10)9(15)16/h2-7H2,1H3,(H,11,14)(H,15,16). The van der Waals surface area contributed by atoms with Gasteiger partial charge in [-0.2, -0.15) is 0 Å². The van der Waals surface area contributed by atoms with Gasteiger partial charge >= 0.3 is 5.97 Å². The molecule has 0 bridgehead atoms. The van der Waals surface area contributed by atoms with Gasteiger partial charge in [-0.25, -0.2) is 5.01 Å². The van der Waals surface area contributed by atoms with Crippen molar-refractivity contribution in [3.8, 4) is 0 Å². The van der Waals surface area contributed by atoms with Crippen LogP contribution in [0.2, 0.25) is 0 Å². The van der Waals surface area contributed by atoms with Gasteiger partial charge in [0, 0.05) is 26.2 Å². The topological polar surface area (TPSA) is 72.9 Å². The fourth-order valence-corrected chi connectivity index (χ4v) is 1.83. The summed E-state index contributed by atoms with van der Waals surface area (Å²) in [6, 6.07) is 0. The van der Waals surface area contributed by atoms with Crippen LogP contribution >= 0.6 is 0 Å². The first-order valence-electron chi connectivity index (χ1n) is 5.52. The van der Waals surface area contributed by atoms with Crippen LogP contribution in [0.5, 0.6) is 0 Å². The van der Waals surface area contributed by atoms with Crippen molar-refractivity contribution in [3.63, 3.8) is 0 Å². The number of carboxylic acids is 1. The number of piperazine rings is 1. The van der Waals surface area contributed by atoms with Crippen molar-refractivity contribution in [2.45, 2.75) is 12.8 Å². The molecule has 1 saturated carbocycles. The highest BCUT2D eigenvalue weighted by molar-refractivity contribution is 6.04. The molecule has 1 heterocycles. The minimum atomic E-state index is -1.14. The SMILES string of the molecule is CN1CCN(NC(=O)C2(C(=O)O)CC2)CC1. The van der Waals surface area contributed by atoms with Crippen molar-refractivity contribution in [1.82, 2.24) is 15.3 Å². The fourth-order valence-electron chi connectivity index (χ4n) is 1.83. The molecule has 2 N–H and O–H groups in total. The number of nitrogens with one attached hydrogen (secondary N) is 1. The molecule has 0 radical (unpaired) electrons. The molecule has 2 aliphatic rings. The summed E-state index contributed by atoms with van der Waals surface area (Å²) in [6.45, 7) is 3.27. The molecule has 2 rings (SSSR count). The minimum Gasteiger partial charge on any atom is -0.480 e. The zero-order valence-electron chi connectivity index (χ0n) is 9.40. The van der Waals surface area contributed by atoms with Crippen LogP contribution in [0.25, 0.3) is 0 Å². The number of carbonyl (C=O) groups is 2. The maximum Gasteiger partial charge on any atom is 0.319 e. The molecule has 1 aliphatic heterocycles. The molecule has 0 aromatic heterocycles. The predicted molar refractivity (Wildman–Crippen MR) is 56.5 cm³/mol. The molecule has 2 fully saturated rings. The summed E-state index contributed by atoms with van der Waals surface area (Å²) in [7, 11) is 2.03. The van der Waals surface area contributed by atoms with E-state index < -0.39 is 11.4 Å². The molecule has 0 aromatic carbocycles. The summed E-state index contributed by atoms with van der Waals surface area (Å²) in [5.74, 6) is -1.36. The van der Waals surface area contributed by atoms with Crippen molar-refractivity contribution < 1.29 is 14.7 Å². The van der Waals surface area contributed by atoms with Gasteiger partial charge in [0.25, 0.3) is 5.91 Å². The van der Waals surface area contributed by atoms with Gasteiger partial charge in [0.1, 0.15) is 5.41 Å². The van der Waals surface area contributed by atoms with Crippen LogP contribution in [0.4, 0.5) is 0 Å². The highest BCUT2D eigenvalue weighted by atomic mass is 16.4. The maximum atomic E-state index is 11.8. The zero-order chi connectivity index (χ0) is 11.8. The number of rotatable bonds is 3. The Morgan fingerprint density at radius 2 is 1.75 bits per heavy atom. The Labute approximate surface area is 94.2 Å². The van der Waals surface area contributed by atoms with Gasteiger partial charge in [-0.05, 0) is 19.9 Å². The molecule has 16 heavy (non-hydrogen) atoms. The second-order valence-corrected chi connectivity index (χ2v) is 4.62. The predicted octanol–water partition coefficient (Wildman–Crippen LogP) is -0.870. The van der Waals surface area contributed by atoms with Crippen LogP contribution < -0.4 is 5.43 Å². The molecule has 1 amide bonds. The summed E-state index contributed by atoms with van der Waals surface area (Å²) in [4.78, 5) is 24.9. The molecule has 6 heteroatoms. The molecule has 0 atom stereocenters. The Kier molecular flexibility index (Phi) is 2.86. The summed E-state index contributed by atoms with van der Waals surface area (Å²) >= 11 is 0. The molecule has 1 aliphatic carbocycles. The summed E-state index contributed by atoms with van der Waals surface area (Å²) < 4.78 is 0. The van der Waals surface area contributed by atoms with Crippen molar-refractivity contribution in [1.29, 1.82) is 0 Å². The quantitative estimate of drug-likeness (QED) is 0.613. The largest absolute Gasteiger partial charge is 0.480 e. The Morgan fingerprint density at radius 3 is 2.19 bits per heavy atom. The molecule has 6 nitrogen and oxygen atoms in total. The van der Waals surface area contributed by atoms with Gasteiger partial charge < -0.3 is 10.0 Å². The third-order valence-electron chi connectivity index (χ3n) is 3.36. The van der Waals surface area contributed by atoms with Gasteiger partial charge in [-0.3, -0.25) is 15.0 Å². The van der Waals surface area contributed by atoms with Crippen LogP contribution in [0.1, 0.15) is 12.8 Å². The van der Waals surface area contributed by atoms with E-state index in [0.717, 1.165) is 26.2 Å². The van der Waals surface area contributed by atoms with Crippen LogP contribution in [0.3, 0.4) is 0 Å². The monoisotopic (exact) mass is 227 g/mol. The lowest BCUT2D eigenvalue weighted by molar-refractivity contribution is -0.151. The maximum absolute atomic E-state index is 11.8. The number of likely N-dealkylation sites (N-methyl/N-ethyl adjacent to an activating group) is 1. The van der Waals surface area contributed by atoms with Gasteiger partial charge in [0.05, 0.1) is 0 Å². The molecule has 1 saturated heterocycles. The van der Waals surface area contributed by atoms with E-state index in [9.17, 15) is 9.59 Å². The number of aliphatic carboxylic acids is 1. The molecular weight excluding hydrogens is 210 g/mol. The zero-order valence-corrected chi connectivity index (χ0v) is 9.40. The number of amides is 1. The molecule has 90 valence electrons. The molecular formula is C10H17N3O3. The number of carboxylic acid groups (broad SMARTS) is 1. The van der Waals surface area contributed by atoms with E-state index in [1.165, 1.54) is 0 Å². The van der Waals surface area contributed by atoms with Crippen molar-refractivity contribution in [3.05, 3.63) is 0 Å². The van der Waals surface area contributed by atoms with Crippen molar-refractivity contribution >= 4 is 11.9 Å². The van der Waals surface area contributed by atoms with Crippen molar-refractivity contribution in [2.75, 3.05) is 33.2 Å². The smallest absolute Gasteiger partial charge is 0.319 e. The number of hydrogen-bond donors (Lipinski definition) is 2. The number of carbonyl (C=O) groups excluding carboxylic acids is 1. The van der Waals surface area contributed by atoms with E-state index in [0.29, 0.717) is 12.8 Å². The Hall–Kier alpha value is -1.14. The van der Waals surface area contributed by atoms with Gasteiger partial charge in [-0.1, -0.05) is 0 Å². The van der Waals surface area contributed by atoms with Gasteiger partial charge in [0.2, 0.25) is 0 Å². The summed E-state index contributed by atoms with van der Waals surface area (Å²) in [5, 5.41) is 10.8. The van der Waals surface area contributed by atoms with Crippen molar-refractivity contribution in [2.24, 2.45) is 5.41 Å². The summed E-state index contributed by atoms with van der Waals surface area (Å²) in [5.41, 5.74) is 1.57. The van der Waals surface area contributed by atoms with E-state index in [4.69, 9.17) is 5.11 Å². The Morgan fingerprint density at radius 1 is 1.19 bits per heavy atom. The highest BCUT2D eigenvalue weighted by Gasteiger charge is 2.57. The van der Waals surface area contributed by atoms with Gasteiger partial charge in [0.15, 0.2) is 0 Å². The van der Waals surface area contributed by atoms with Crippen LogP contribution in [0.15, 0.2) is 0 Å². The third-order valence-corrected chi connectivity index (χ3v) is 3.36. The number of hydrogen-bond acceptors (Lipinski definition) is 4. The van der Waals surface area contributed by atoms with Gasteiger partial charge in [-0.15, -0.1) is 0 Å². The first kappa shape index (κ1) is 11.3. The normalized spacial score (nSPS) is 25.1. The average Bonchev–Trinajstić information content (AvgIpc) is 3.02. The Bertz CT molecular complexity index is 306. The average molecular weight is 227 g/mol. The summed E-state index contributed by atoms with van der Waals surface area (Å²) in [6.07, 6.45) is 0.920. The second-order valence-electron chi connectivity index (χ2n) is 4.62. The second kappa shape index (κ2) is 4.03. The number of hydrazine groups is 1. The lowest BCUT2D eigenvalue weighted by Gasteiger charge is -2.33. The van der Waals surface area contributed by atoms with E-state index in [1.807, 2.05) is 12.1 Å². The third kappa shape index (κ3) is 2.03. The lowest BCUT2D eigenvalue weighted by Crippen LogP contribution is -2.54. The highest BCUT2D eigenvalue weighted by Crippen LogP contribution is 2.46. The molecule has 0 spiro atoms. The van der Waals surface area contributed by atoms with E-state index in [-0.39, 0.29) is 5.91 Å². The van der Waals surface area contributed by atoms with Crippen LogP contribution in [-0.4, -0.2) is 60.1 Å². The first-order valence-corrected chi connectivity index (χ1v) is 5.52. The Balaban J connectivity index is 1.86. The van der Waals surface area contributed by atoms with E-state index >= 15 is 0 Å². The van der Waals surface area contributed by atoms with Crippen LogP contribution in [0, 0.1) is 5.41 Å².